The molecule has 118 valence electrons. The summed E-state index contributed by atoms with van der Waals surface area (Å²) in [4.78, 5) is 25.9. The molecule has 3 atom stereocenters. The topological polar surface area (TPSA) is 37.4 Å². The van der Waals surface area contributed by atoms with Crippen LogP contribution in [-0.4, -0.2) is 30.2 Å². The lowest BCUT2D eigenvalue weighted by atomic mass is 9.82. The normalized spacial score (nSPS) is 25.5. The van der Waals surface area contributed by atoms with Crippen molar-refractivity contribution in [3.8, 4) is 0 Å². The fraction of sp³-hybridized carbons (Fsp3) is 0.579. The van der Waals surface area contributed by atoms with Crippen LogP contribution in [0.3, 0.4) is 0 Å². The molecule has 0 spiro atoms. The van der Waals surface area contributed by atoms with Crippen LogP contribution >= 0.6 is 0 Å². The zero-order chi connectivity index (χ0) is 15.4. The van der Waals surface area contributed by atoms with Crippen molar-refractivity contribution in [2.24, 2.45) is 17.8 Å². The van der Waals surface area contributed by atoms with Gasteiger partial charge in [0.05, 0.1) is 0 Å². The van der Waals surface area contributed by atoms with Crippen LogP contribution in [0.5, 0.6) is 0 Å². The molecule has 1 aromatic carbocycles. The predicted octanol–water partition coefficient (Wildman–Crippen LogP) is 3.08. The summed E-state index contributed by atoms with van der Waals surface area (Å²) in [5.41, 5.74) is 1.13. The Morgan fingerprint density at radius 1 is 1.14 bits per heavy atom. The third kappa shape index (κ3) is 3.57. The van der Waals surface area contributed by atoms with E-state index in [1.807, 2.05) is 35.2 Å². The number of carbonyl (C=O) groups is 2. The fourth-order valence-electron chi connectivity index (χ4n) is 4.05. The van der Waals surface area contributed by atoms with Crippen molar-refractivity contribution in [1.82, 2.24) is 4.90 Å². The largest absolute Gasteiger partial charge is 0.342 e. The molecule has 0 unspecified atom stereocenters. The number of rotatable bonds is 5. The van der Waals surface area contributed by atoms with Gasteiger partial charge in [0.25, 0.3) is 0 Å². The van der Waals surface area contributed by atoms with Crippen LogP contribution in [0.1, 0.15) is 37.7 Å². The Labute approximate surface area is 132 Å². The van der Waals surface area contributed by atoms with Gasteiger partial charge >= 0.3 is 0 Å². The fourth-order valence-corrected chi connectivity index (χ4v) is 4.05. The first-order valence-electron chi connectivity index (χ1n) is 8.53. The second kappa shape index (κ2) is 7.08. The Morgan fingerprint density at radius 3 is 2.36 bits per heavy atom. The molecule has 1 aliphatic carbocycles. The van der Waals surface area contributed by atoms with Crippen molar-refractivity contribution in [1.29, 1.82) is 0 Å². The third-order valence-electron chi connectivity index (χ3n) is 5.30. The van der Waals surface area contributed by atoms with Gasteiger partial charge in [-0.2, -0.15) is 0 Å². The number of aldehydes is 1. The first-order chi connectivity index (χ1) is 10.8. The van der Waals surface area contributed by atoms with Crippen molar-refractivity contribution < 1.29 is 9.59 Å². The summed E-state index contributed by atoms with van der Waals surface area (Å²) < 4.78 is 0. The van der Waals surface area contributed by atoms with E-state index in [-0.39, 0.29) is 11.8 Å². The average molecular weight is 299 g/mol. The molecule has 1 saturated heterocycles. The molecule has 3 rings (SSSR count). The molecule has 1 amide bonds. The first-order valence-corrected chi connectivity index (χ1v) is 8.53. The van der Waals surface area contributed by atoms with Gasteiger partial charge in [-0.3, -0.25) is 4.79 Å². The number of amides is 1. The highest BCUT2D eigenvalue weighted by molar-refractivity contribution is 5.79. The van der Waals surface area contributed by atoms with Gasteiger partial charge in [-0.25, -0.2) is 0 Å². The number of carbonyl (C=O) groups excluding carboxylic acids is 2. The average Bonchev–Trinajstić information content (AvgIpc) is 2.99. The van der Waals surface area contributed by atoms with E-state index < -0.39 is 0 Å². The lowest BCUT2D eigenvalue weighted by Gasteiger charge is -2.22. The first kappa shape index (κ1) is 15.3. The van der Waals surface area contributed by atoms with E-state index in [1.54, 1.807) is 0 Å². The van der Waals surface area contributed by atoms with Crippen molar-refractivity contribution in [3.63, 3.8) is 0 Å². The minimum Gasteiger partial charge on any atom is -0.342 e. The molecule has 1 heterocycles. The second-order valence-corrected chi connectivity index (χ2v) is 6.89. The second-order valence-electron chi connectivity index (χ2n) is 6.89. The van der Waals surface area contributed by atoms with E-state index in [0.717, 1.165) is 24.9 Å². The maximum Gasteiger partial charge on any atom is 0.223 e. The van der Waals surface area contributed by atoms with E-state index in [9.17, 15) is 9.59 Å². The Kier molecular flexibility index (Phi) is 4.91. The highest BCUT2D eigenvalue weighted by Crippen LogP contribution is 2.36. The van der Waals surface area contributed by atoms with Crippen LogP contribution in [0.25, 0.3) is 0 Å². The van der Waals surface area contributed by atoms with Gasteiger partial charge < -0.3 is 9.69 Å². The lowest BCUT2D eigenvalue weighted by Crippen LogP contribution is -2.31. The molecule has 0 N–H and O–H groups in total. The molecule has 3 heteroatoms. The third-order valence-corrected chi connectivity index (χ3v) is 5.30. The number of hydrogen-bond acceptors (Lipinski definition) is 2. The zero-order valence-electron chi connectivity index (χ0n) is 13.1. The van der Waals surface area contributed by atoms with Crippen molar-refractivity contribution in [3.05, 3.63) is 35.9 Å². The summed E-state index contributed by atoms with van der Waals surface area (Å²) in [6.07, 6.45) is 7.15. The summed E-state index contributed by atoms with van der Waals surface area (Å²) in [5, 5.41) is 0. The van der Waals surface area contributed by atoms with Gasteiger partial charge in [-0.15, -0.1) is 0 Å². The monoisotopic (exact) mass is 299 g/mol. The van der Waals surface area contributed by atoms with E-state index >= 15 is 0 Å². The molecule has 2 fully saturated rings. The van der Waals surface area contributed by atoms with Gasteiger partial charge in [0.1, 0.15) is 6.29 Å². The minimum atomic E-state index is -0.197. The van der Waals surface area contributed by atoms with Crippen molar-refractivity contribution in [2.45, 2.75) is 38.5 Å². The van der Waals surface area contributed by atoms with E-state index in [4.69, 9.17) is 0 Å². The maximum absolute atomic E-state index is 12.5. The number of likely N-dealkylation sites (tertiary alicyclic amines) is 1. The summed E-state index contributed by atoms with van der Waals surface area (Å²) in [6.45, 7) is 1.83. The lowest BCUT2D eigenvalue weighted by molar-refractivity contribution is -0.132. The highest BCUT2D eigenvalue weighted by atomic mass is 16.2. The molecular formula is C19H25NO2. The van der Waals surface area contributed by atoms with Crippen LogP contribution in [0.15, 0.2) is 30.3 Å². The van der Waals surface area contributed by atoms with Gasteiger partial charge in [0.2, 0.25) is 5.91 Å². The number of fused-ring (bicyclic) bond motifs is 1. The number of hydrogen-bond donors (Lipinski definition) is 0. The van der Waals surface area contributed by atoms with Crippen LogP contribution in [0, 0.1) is 17.8 Å². The van der Waals surface area contributed by atoms with Gasteiger partial charge in [-0.05, 0) is 36.7 Å². The molecule has 0 bridgehead atoms. The smallest absolute Gasteiger partial charge is 0.223 e. The molecule has 0 aromatic heterocycles. The van der Waals surface area contributed by atoms with Gasteiger partial charge in [-0.1, -0.05) is 43.2 Å². The predicted molar refractivity (Wildman–Crippen MR) is 86.3 cm³/mol. The molecule has 1 aliphatic heterocycles. The van der Waals surface area contributed by atoms with E-state index in [2.05, 4.69) is 0 Å². The minimum absolute atomic E-state index is 0.169. The summed E-state index contributed by atoms with van der Waals surface area (Å²) in [5.74, 6) is 1.39. The van der Waals surface area contributed by atoms with E-state index in [0.29, 0.717) is 24.7 Å². The Bertz CT molecular complexity index is 499. The molecule has 22 heavy (non-hydrogen) atoms. The zero-order valence-corrected chi connectivity index (χ0v) is 13.1. The van der Waals surface area contributed by atoms with Gasteiger partial charge in [0.15, 0.2) is 0 Å². The highest BCUT2D eigenvalue weighted by Gasteiger charge is 2.36. The number of nitrogens with zero attached hydrogens (tertiary/aromatic N) is 1. The Balaban J connectivity index is 1.55. The Morgan fingerprint density at radius 2 is 1.77 bits per heavy atom. The Hall–Kier alpha value is -1.64. The molecule has 2 aliphatic rings. The molecule has 0 radical (unpaired) electrons. The summed E-state index contributed by atoms with van der Waals surface area (Å²) in [6, 6.07) is 9.96. The summed E-state index contributed by atoms with van der Waals surface area (Å²) in [7, 11) is 0. The molecular weight excluding hydrogens is 274 g/mol. The summed E-state index contributed by atoms with van der Waals surface area (Å²) >= 11 is 0. The maximum atomic E-state index is 12.5. The van der Waals surface area contributed by atoms with Crippen LogP contribution < -0.4 is 0 Å². The van der Waals surface area contributed by atoms with Gasteiger partial charge in [0, 0.05) is 25.4 Å². The quantitative estimate of drug-likeness (QED) is 0.784. The van der Waals surface area contributed by atoms with Crippen LogP contribution in [0.4, 0.5) is 0 Å². The standard InChI is InChI=1S/C19H25NO2/c21-14-16(10-15-6-2-1-3-7-15)11-19(22)20-12-17-8-4-5-9-18(17)13-20/h1-3,6-7,14,16-18H,4-5,8-13H2/t16-,17-,18+/m0/s1. The van der Waals surface area contributed by atoms with Crippen LogP contribution in [0.2, 0.25) is 0 Å². The SMILES string of the molecule is O=C[C@H](CC(=O)N1C[C@H]2CCCC[C@H]2C1)Cc1ccccc1. The molecule has 1 saturated carbocycles. The number of benzene rings is 1. The van der Waals surface area contributed by atoms with Crippen molar-refractivity contribution >= 4 is 12.2 Å². The van der Waals surface area contributed by atoms with E-state index in [1.165, 1.54) is 25.7 Å². The van der Waals surface area contributed by atoms with Crippen molar-refractivity contribution in [2.75, 3.05) is 13.1 Å². The molecule has 1 aromatic rings. The molecule has 3 nitrogen and oxygen atoms in total. The van der Waals surface area contributed by atoms with Crippen LogP contribution in [-0.2, 0) is 16.0 Å².